The van der Waals surface area contributed by atoms with Crippen LogP contribution in [0.2, 0.25) is 10.0 Å². The molecule has 5 nitrogen and oxygen atoms in total. The number of aliphatic imine (C=N–C) groups is 1. The van der Waals surface area contributed by atoms with Gasteiger partial charge in [-0.15, -0.1) is 0 Å². The SMILES string of the molecule is O=C(Nc1ccc(Cl)cc1)C1CC(=O)N(CCc2ccc(Cl)cc2)C(=Nc2cccc(C(F)(F)F)c2)S1. The Labute approximate surface area is 225 Å². The lowest BCUT2D eigenvalue weighted by Crippen LogP contribution is -2.46. The Morgan fingerprint density at radius 2 is 1.68 bits per heavy atom. The van der Waals surface area contributed by atoms with Gasteiger partial charge in [-0.1, -0.05) is 53.2 Å². The molecule has 11 heteroatoms. The monoisotopic (exact) mass is 565 g/mol. The molecule has 1 aliphatic heterocycles. The highest BCUT2D eigenvalue weighted by Crippen LogP contribution is 2.34. The molecule has 0 saturated carbocycles. The van der Waals surface area contributed by atoms with Crippen molar-refractivity contribution in [2.24, 2.45) is 4.99 Å². The minimum atomic E-state index is -4.54. The fourth-order valence-corrected chi connectivity index (χ4v) is 4.95. The van der Waals surface area contributed by atoms with Crippen molar-refractivity contribution in [3.05, 3.63) is 94.0 Å². The van der Waals surface area contributed by atoms with Crippen LogP contribution in [0, 0.1) is 0 Å². The first-order chi connectivity index (χ1) is 17.6. The Morgan fingerprint density at radius 1 is 1.03 bits per heavy atom. The van der Waals surface area contributed by atoms with Crippen LogP contribution in [0.1, 0.15) is 17.5 Å². The number of rotatable bonds is 6. The summed E-state index contributed by atoms with van der Waals surface area (Å²) in [6, 6.07) is 18.2. The quantitative estimate of drug-likeness (QED) is 0.343. The average molecular weight is 566 g/mol. The second kappa shape index (κ2) is 11.6. The van der Waals surface area contributed by atoms with Gasteiger partial charge in [-0.2, -0.15) is 13.2 Å². The highest BCUT2D eigenvalue weighted by Gasteiger charge is 2.36. The molecule has 1 saturated heterocycles. The van der Waals surface area contributed by atoms with E-state index in [-0.39, 0.29) is 29.7 Å². The van der Waals surface area contributed by atoms with Crippen LogP contribution in [0.5, 0.6) is 0 Å². The van der Waals surface area contributed by atoms with Gasteiger partial charge in [0, 0.05) is 28.7 Å². The van der Waals surface area contributed by atoms with E-state index in [2.05, 4.69) is 10.3 Å². The van der Waals surface area contributed by atoms with Crippen molar-refractivity contribution in [1.29, 1.82) is 0 Å². The van der Waals surface area contributed by atoms with E-state index in [0.717, 1.165) is 29.5 Å². The van der Waals surface area contributed by atoms with Crippen LogP contribution in [0.25, 0.3) is 0 Å². The molecular formula is C26H20Cl2F3N3O2S. The van der Waals surface area contributed by atoms with Gasteiger partial charge in [0.2, 0.25) is 11.8 Å². The molecule has 1 aliphatic rings. The highest BCUT2D eigenvalue weighted by molar-refractivity contribution is 8.15. The Hall–Kier alpha value is -3.01. The Morgan fingerprint density at radius 3 is 2.32 bits per heavy atom. The number of amides is 2. The van der Waals surface area contributed by atoms with E-state index in [1.807, 2.05) is 12.1 Å². The molecule has 0 radical (unpaired) electrons. The molecule has 1 fully saturated rings. The zero-order valence-electron chi connectivity index (χ0n) is 19.1. The maximum absolute atomic E-state index is 13.2. The van der Waals surface area contributed by atoms with Gasteiger partial charge in [-0.25, -0.2) is 4.99 Å². The summed E-state index contributed by atoms with van der Waals surface area (Å²) in [6.45, 7) is 0.233. The fraction of sp³-hybridized carbons (Fsp3) is 0.192. The van der Waals surface area contributed by atoms with Gasteiger partial charge in [-0.3, -0.25) is 14.5 Å². The maximum Gasteiger partial charge on any atom is 0.416 e. The third kappa shape index (κ3) is 7.28. The largest absolute Gasteiger partial charge is 0.416 e. The van der Waals surface area contributed by atoms with Gasteiger partial charge < -0.3 is 5.32 Å². The van der Waals surface area contributed by atoms with Crippen molar-refractivity contribution in [3.8, 4) is 0 Å². The molecule has 1 heterocycles. The third-order valence-electron chi connectivity index (χ3n) is 5.48. The fourth-order valence-electron chi connectivity index (χ4n) is 3.57. The van der Waals surface area contributed by atoms with E-state index >= 15 is 0 Å². The van der Waals surface area contributed by atoms with Crippen molar-refractivity contribution >= 4 is 63.3 Å². The molecule has 3 aromatic carbocycles. The second-order valence-corrected chi connectivity index (χ2v) is 10.2. The van der Waals surface area contributed by atoms with Crippen molar-refractivity contribution in [3.63, 3.8) is 0 Å². The van der Waals surface area contributed by atoms with E-state index in [0.29, 0.717) is 22.2 Å². The molecule has 0 aliphatic carbocycles. The summed E-state index contributed by atoms with van der Waals surface area (Å²) >= 11 is 12.9. The van der Waals surface area contributed by atoms with Crippen LogP contribution in [-0.2, 0) is 22.2 Å². The van der Waals surface area contributed by atoms with E-state index in [4.69, 9.17) is 23.2 Å². The number of benzene rings is 3. The first-order valence-electron chi connectivity index (χ1n) is 11.1. The van der Waals surface area contributed by atoms with E-state index in [9.17, 15) is 22.8 Å². The zero-order chi connectivity index (χ0) is 26.6. The summed E-state index contributed by atoms with van der Waals surface area (Å²) in [5.74, 6) is -0.774. The Kier molecular flexibility index (Phi) is 8.46. The van der Waals surface area contributed by atoms with E-state index in [1.54, 1.807) is 36.4 Å². The summed E-state index contributed by atoms with van der Waals surface area (Å²) in [7, 11) is 0. The summed E-state index contributed by atoms with van der Waals surface area (Å²) in [5.41, 5.74) is 0.596. The number of anilines is 1. The molecule has 1 unspecified atom stereocenters. The summed E-state index contributed by atoms with van der Waals surface area (Å²) in [5, 5.41) is 3.16. The molecule has 192 valence electrons. The third-order valence-corrected chi connectivity index (χ3v) is 7.17. The van der Waals surface area contributed by atoms with Gasteiger partial charge in [0.15, 0.2) is 5.17 Å². The molecule has 1 N–H and O–H groups in total. The predicted molar refractivity (Wildman–Crippen MR) is 141 cm³/mol. The minimum Gasteiger partial charge on any atom is -0.325 e. The normalized spacial score (nSPS) is 17.2. The van der Waals surface area contributed by atoms with Crippen LogP contribution in [0.4, 0.5) is 24.5 Å². The maximum atomic E-state index is 13.2. The van der Waals surface area contributed by atoms with Crippen LogP contribution in [0.15, 0.2) is 77.8 Å². The average Bonchev–Trinajstić information content (AvgIpc) is 2.85. The Bertz CT molecular complexity index is 1320. The summed E-state index contributed by atoms with van der Waals surface area (Å²) in [4.78, 5) is 31.9. The predicted octanol–water partition coefficient (Wildman–Crippen LogP) is 7.22. The first-order valence-corrected chi connectivity index (χ1v) is 12.8. The van der Waals surface area contributed by atoms with Gasteiger partial charge >= 0.3 is 6.18 Å². The van der Waals surface area contributed by atoms with Crippen molar-refractivity contribution < 1.29 is 22.8 Å². The van der Waals surface area contributed by atoms with Crippen molar-refractivity contribution in [1.82, 2.24) is 4.90 Å². The van der Waals surface area contributed by atoms with E-state index in [1.165, 1.54) is 17.0 Å². The lowest BCUT2D eigenvalue weighted by Gasteiger charge is -2.32. The van der Waals surface area contributed by atoms with Gasteiger partial charge in [-0.05, 0) is 66.6 Å². The number of hydrogen-bond acceptors (Lipinski definition) is 4. The molecule has 0 bridgehead atoms. The van der Waals surface area contributed by atoms with Gasteiger partial charge in [0.25, 0.3) is 0 Å². The molecule has 1 atom stereocenters. The molecule has 0 spiro atoms. The number of halogens is 5. The smallest absolute Gasteiger partial charge is 0.325 e. The Balaban J connectivity index is 1.59. The number of carbonyl (C=O) groups excluding carboxylic acids is 2. The molecule has 4 rings (SSSR count). The van der Waals surface area contributed by atoms with Gasteiger partial charge in [0.1, 0.15) is 5.25 Å². The van der Waals surface area contributed by atoms with Crippen molar-refractivity contribution in [2.45, 2.75) is 24.3 Å². The standard InChI is InChI=1S/C26H20Cl2F3N3O2S/c27-18-6-4-16(5-7-18)12-13-34-23(35)15-22(24(36)32-20-10-8-19(28)9-11-20)37-25(34)33-21-3-1-2-17(14-21)26(29,30)31/h1-11,14,22H,12-13,15H2,(H,32,36). The number of thioether (sulfide) groups is 1. The molecular weight excluding hydrogens is 546 g/mol. The number of alkyl halides is 3. The number of nitrogens with zero attached hydrogens (tertiary/aromatic N) is 2. The van der Waals surface area contributed by atoms with Crippen molar-refractivity contribution in [2.75, 3.05) is 11.9 Å². The summed E-state index contributed by atoms with van der Waals surface area (Å²) in [6.07, 6.45) is -4.17. The molecule has 3 aromatic rings. The second-order valence-electron chi connectivity index (χ2n) is 8.17. The van der Waals surface area contributed by atoms with Crippen LogP contribution in [0.3, 0.4) is 0 Å². The lowest BCUT2D eigenvalue weighted by molar-refractivity contribution is -0.137. The number of nitrogens with one attached hydrogen (secondary N) is 1. The lowest BCUT2D eigenvalue weighted by atomic mass is 10.1. The van der Waals surface area contributed by atoms with Gasteiger partial charge in [0.05, 0.1) is 11.3 Å². The molecule has 0 aromatic heterocycles. The summed E-state index contributed by atoms with van der Waals surface area (Å²) < 4.78 is 39.7. The zero-order valence-corrected chi connectivity index (χ0v) is 21.5. The number of carbonyl (C=O) groups is 2. The van der Waals surface area contributed by atoms with E-state index < -0.39 is 22.9 Å². The molecule has 2 amide bonds. The van der Waals surface area contributed by atoms with Crippen LogP contribution < -0.4 is 5.32 Å². The number of amidine groups is 1. The van der Waals surface area contributed by atoms with Crippen LogP contribution in [-0.4, -0.2) is 33.7 Å². The first kappa shape index (κ1) is 27.0. The topological polar surface area (TPSA) is 61.8 Å². The number of hydrogen-bond donors (Lipinski definition) is 1. The van der Waals surface area contributed by atoms with Crippen LogP contribution >= 0.6 is 35.0 Å². The molecule has 37 heavy (non-hydrogen) atoms. The minimum absolute atomic E-state index is 0.0281. The highest BCUT2D eigenvalue weighted by atomic mass is 35.5.